The number of benzene rings is 1. The molecule has 1 aliphatic heterocycles. The quantitative estimate of drug-likeness (QED) is 0.819. The van der Waals surface area contributed by atoms with Gasteiger partial charge in [-0.05, 0) is 12.1 Å². The Labute approximate surface area is 145 Å². The van der Waals surface area contributed by atoms with Crippen LogP contribution in [0.15, 0.2) is 22.7 Å². The molecule has 0 atom stereocenters. The Morgan fingerprint density at radius 2 is 2.12 bits per heavy atom. The van der Waals surface area contributed by atoms with E-state index in [1.165, 1.54) is 0 Å². The average Bonchev–Trinajstić information content (AvgIpc) is 3.03. The Hall–Kier alpha value is -2.14. The molecule has 1 aromatic carbocycles. The number of methoxy groups -OCH3 is 1. The summed E-state index contributed by atoms with van der Waals surface area (Å²) >= 11 is 6.29. The van der Waals surface area contributed by atoms with Crippen LogP contribution in [0.1, 0.15) is 17.3 Å². The number of ether oxygens (including phenoxy) is 1. The number of nitrogens with zero attached hydrogens (tertiary/aromatic N) is 5. The van der Waals surface area contributed by atoms with Crippen LogP contribution in [0, 0.1) is 11.3 Å². The molecule has 2 aromatic rings. The molecular weight excluding hydrogens is 330 g/mol. The summed E-state index contributed by atoms with van der Waals surface area (Å²) in [5.74, 6) is 1.15. The molecule has 3 rings (SSSR count). The van der Waals surface area contributed by atoms with Crippen LogP contribution in [0.3, 0.4) is 0 Å². The Morgan fingerprint density at radius 1 is 1.33 bits per heavy atom. The number of aromatic nitrogens is 2. The monoisotopic (exact) mass is 347 g/mol. The van der Waals surface area contributed by atoms with Crippen molar-refractivity contribution in [3.05, 3.63) is 40.5 Å². The smallest absolute Gasteiger partial charge is 0.240 e. The normalized spacial score (nSPS) is 15.5. The van der Waals surface area contributed by atoms with Crippen molar-refractivity contribution in [2.75, 3.05) is 38.2 Å². The minimum Gasteiger partial charge on any atom is -0.377 e. The lowest BCUT2D eigenvalue weighted by Gasteiger charge is -2.36. The SMILES string of the molecule is COCc1noc(CN2CCN(c3c(Cl)cccc3C#N)CC2)n1. The van der Waals surface area contributed by atoms with Crippen molar-refractivity contribution >= 4 is 17.3 Å². The average molecular weight is 348 g/mol. The molecule has 0 amide bonds. The highest BCUT2D eigenvalue weighted by molar-refractivity contribution is 6.33. The number of nitriles is 1. The van der Waals surface area contributed by atoms with Gasteiger partial charge < -0.3 is 14.2 Å². The van der Waals surface area contributed by atoms with Crippen molar-refractivity contribution in [1.82, 2.24) is 15.0 Å². The van der Waals surface area contributed by atoms with Crippen LogP contribution < -0.4 is 4.90 Å². The lowest BCUT2D eigenvalue weighted by Crippen LogP contribution is -2.46. The molecule has 1 aromatic heterocycles. The van der Waals surface area contributed by atoms with E-state index in [4.69, 9.17) is 20.9 Å². The highest BCUT2D eigenvalue weighted by Crippen LogP contribution is 2.30. The third-order valence-electron chi connectivity index (χ3n) is 3.94. The Bertz CT molecular complexity index is 734. The van der Waals surface area contributed by atoms with Crippen molar-refractivity contribution < 1.29 is 9.26 Å². The first kappa shape index (κ1) is 16.7. The van der Waals surface area contributed by atoms with Crippen molar-refractivity contribution in [3.63, 3.8) is 0 Å². The zero-order valence-electron chi connectivity index (χ0n) is 13.4. The molecule has 0 saturated carbocycles. The van der Waals surface area contributed by atoms with Crippen LogP contribution in [-0.4, -0.2) is 48.3 Å². The molecule has 1 aliphatic rings. The summed E-state index contributed by atoms with van der Waals surface area (Å²) in [6, 6.07) is 7.63. The number of para-hydroxylation sites is 1. The number of hydrogen-bond acceptors (Lipinski definition) is 7. The van der Waals surface area contributed by atoms with Crippen molar-refractivity contribution in [2.45, 2.75) is 13.2 Å². The van der Waals surface area contributed by atoms with Gasteiger partial charge in [-0.3, -0.25) is 4.90 Å². The van der Waals surface area contributed by atoms with Gasteiger partial charge in [0, 0.05) is 33.3 Å². The first-order chi connectivity index (χ1) is 11.7. The van der Waals surface area contributed by atoms with E-state index in [1.807, 2.05) is 6.07 Å². The molecule has 0 unspecified atom stereocenters. The van der Waals surface area contributed by atoms with Gasteiger partial charge in [0.15, 0.2) is 5.82 Å². The molecule has 2 heterocycles. The summed E-state index contributed by atoms with van der Waals surface area (Å²) in [4.78, 5) is 8.68. The summed E-state index contributed by atoms with van der Waals surface area (Å²) in [6.45, 7) is 4.20. The fraction of sp³-hybridized carbons (Fsp3) is 0.438. The van der Waals surface area contributed by atoms with Gasteiger partial charge in [0.1, 0.15) is 12.7 Å². The molecule has 0 radical (unpaired) electrons. The predicted octanol–water partition coefficient (Wildman–Crippen LogP) is 2.06. The molecule has 0 aliphatic carbocycles. The highest BCUT2D eigenvalue weighted by atomic mass is 35.5. The first-order valence-corrected chi connectivity index (χ1v) is 8.05. The van der Waals surface area contributed by atoms with Crippen molar-refractivity contribution in [1.29, 1.82) is 5.26 Å². The third-order valence-corrected chi connectivity index (χ3v) is 4.24. The molecule has 126 valence electrons. The maximum Gasteiger partial charge on any atom is 0.240 e. The van der Waals surface area contributed by atoms with Crippen molar-refractivity contribution in [3.8, 4) is 6.07 Å². The van der Waals surface area contributed by atoms with E-state index in [1.54, 1.807) is 19.2 Å². The van der Waals surface area contributed by atoms with E-state index >= 15 is 0 Å². The van der Waals surface area contributed by atoms with E-state index in [0.717, 1.165) is 31.9 Å². The van der Waals surface area contributed by atoms with Gasteiger partial charge in [-0.2, -0.15) is 10.2 Å². The second-order valence-electron chi connectivity index (χ2n) is 5.55. The largest absolute Gasteiger partial charge is 0.377 e. The molecule has 24 heavy (non-hydrogen) atoms. The molecule has 0 spiro atoms. The number of anilines is 1. The Kier molecular flexibility index (Phi) is 5.30. The molecular formula is C16H18ClN5O2. The van der Waals surface area contributed by atoms with Crippen LogP contribution in [-0.2, 0) is 17.9 Å². The molecule has 7 nitrogen and oxygen atoms in total. The summed E-state index contributed by atoms with van der Waals surface area (Å²) in [7, 11) is 1.60. The topological polar surface area (TPSA) is 78.4 Å². The Balaban J connectivity index is 1.61. The zero-order chi connectivity index (χ0) is 16.9. The summed E-state index contributed by atoms with van der Waals surface area (Å²) in [6.07, 6.45) is 0. The van der Waals surface area contributed by atoms with E-state index in [2.05, 4.69) is 26.0 Å². The molecule has 1 saturated heterocycles. The lowest BCUT2D eigenvalue weighted by atomic mass is 10.1. The Morgan fingerprint density at radius 3 is 2.83 bits per heavy atom. The van der Waals surface area contributed by atoms with Gasteiger partial charge in [-0.1, -0.05) is 22.8 Å². The van der Waals surface area contributed by atoms with E-state index < -0.39 is 0 Å². The number of rotatable bonds is 5. The van der Waals surface area contributed by atoms with E-state index in [-0.39, 0.29) is 0 Å². The number of halogens is 1. The molecule has 1 fully saturated rings. The van der Waals surface area contributed by atoms with E-state index in [9.17, 15) is 5.26 Å². The minimum absolute atomic E-state index is 0.348. The fourth-order valence-electron chi connectivity index (χ4n) is 2.79. The van der Waals surface area contributed by atoms with Gasteiger partial charge in [0.05, 0.1) is 22.8 Å². The number of hydrogen-bond donors (Lipinski definition) is 0. The second kappa shape index (κ2) is 7.62. The standard InChI is InChI=1S/C16H18ClN5O2/c1-23-11-14-19-15(24-20-14)10-21-5-7-22(8-6-21)16-12(9-18)3-2-4-13(16)17/h2-4H,5-8,10-11H2,1H3. The summed E-state index contributed by atoms with van der Waals surface area (Å²) < 4.78 is 10.2. The van der Waals surface area contributed by atoms with Gasteiger partial charge in [-0.25, -0.2) is 0 Å². The number of piperazine rings is 1. The maximum absolute atomic E-state index is 9.28. The summed E-state index contributed by atoms with van der Waals surface area (Å²) in [5, 5.41) is 13.8. The van der Waals surface area contributed by atoms with Crippen LogP contribution in [0.2, 0.25) is 5.02 Å². The molecule has 0 bridgehead atoms. The second-order valence-corrected chi connectivity index (χ2v) is 5.96. The van der Waals surface area contributed by atoms with Crippen LogP contribution in [0.4, 0.5) is 5.69 Å². The highest BCUT2D eigenvalue weighted by Gasteiger charge is 2.22. The first-order valence-electron chi connectivity index (χ1n) is 7.67. The van der Waals surface area contributed by atoms with Gasteiger partial charge >= 0.3 is 0 Å². The van der Waals surface area contributed by atoms with Crippen molar-refractivity contribution in [2.24, 2.45) is 0 Å². The molecule has 0 N–H and O–H groups in total. The fourth-order valence-corrected chi connectivity index (χ4v) is 3.08. The van der Waals surface area contributed by atoms with Gasteiger partial charge in [0.25, 0.3) is 0 Å². The third kappa shape index (κ3) is 3.67. The van der Waals surface area contributed by atoms with Gasteiger partial charge in [0.2, 0.25) is 5.89 Å². The predicted molar refractivity (Wildman–Crippen MR) is 88.7 cm³/mol. The van der Waals surface area contributed by atoms with Gasteiger partial charge in [-0.15, -0.1) is 0 Å². The van der Waals surface area contributed by atoms with E-state index in [0.29, 0.717) is 35.5 Å². The maximum atomic E-state index is 9.28. The van der Waals surface area contributed by atoms with Crippen LogP contribution in [0.5, 0.6) is 0 Å². The zero-order valence-corrected chi connectivity index (χ0v) is 14.2. The summed E-state index contributed by atoms with van der Waals surface area (Å²) in [5.41, 5.74) is 1.43. The lowest BCUT2D eigenvalue weighted by molar-refractivity contribution is 0.174. The molecule has 8 heteroatoms. The minimum atomic E-state index is 0.348. The van der Waals surface area contributed by atoms with Crippen LogP contribution in [0.25, 0.3) is 0 Å². The van der Waals surface area contributed by atoms with Crippen LogP contribution >= 0.6 is 11.6 Å².